The first-order valence-electron chi connectivity index (χ1n) is 6.46. The lowest BCUT2D eigenvalue weighted by Crippen LogP contribution is -2.37. The van der Waals surface area contributed by atoms with Gasteiger partial charge in [-0.1, -0.05) is 12.8 Å². The Kier molecular flexibility index (Phi) is 4.10. The molecule has 0 bridgehead atoms. The van der Waals surface area contributed by atoms with E-state index in [-0.39, 0.29) is 5.91 Å². The van der Waals surface area contributed by atoms with E-state index in [4.69, 9.17) is 0 Å². The predicted molar refractivity (Wildman–Crippen MR) is 74.4 cm³/mol. The average molecular weight is 314 g/mol. The lowest BCUT2D eigenvalue weighted by atomic mass is 10.2. The number of likely N-dealkylation sites (N-methyl/N-ethyl adjacent to an activating group) is 1. The average Bonchev–Trinajstić information content (AvgIpc) is 2.94. The Morgan fingerprint density at radius 1 is 1.44 bits per heavy atom. The molecule has 5 heteroatoms. The lowest BCUT2D eigenvalue weighted by molar-refractivity contribution is -0.132. The smallest absolute Gasteiger partial charge is 0.244 e. The molecule has 4 nitrogen and oxygen atoms in total. The molecule has 1 aliphatic rings. The van der Waals surface area contributed by atoms with Gasteiger partial charge in [-0.2, -0.15) is 5.10 Å². The van der Waals surface area contributed by atoms with Gasteiger partial charge in [-0.15, -0.1) is 0 Å². The van der Waals surface area contributed by atoms with Crippen LogP contribution in [-0.2, 0) is 11.3 Å². The van der Waals surface area contributed by atoms with E-state index in [2.05, 4.69) is 21.0 Å². The second kappa shape index (κ2) is 5.43. The molecule has 100 valence electrons. The fourth-order valence-corrected chi connectivity index (χ4v) is 2.85. The van der Waals surface area contributed by atoms with Gasteiger partial charge in [0.1, 0.15) is 6.54 Å². The highest BCUT2D eigenvalue weighted by molar-refractivity contribution is 9.10. The summed E-state index contributed by atoms with van der Waals surface area (Å²) in [5, 5.41) is 4.38. The number of rotatable bonds is 3. The quantitative estimate of drug-likeness (QED) is 0.860. The van der Waals surface area contributed by atoms with Gasteiger partial charge >= 0.3 is 0 Å². The third-order valence-electron chi connectivity index (χ3n) is 3.84. The van der Waals surface area contributed by atoms with Gasteiger partial charge in [-0.05, 0) is 42.6 Å². The third-order valence-corrected chi connectivity index (χ3v) is 4.99. The summed E-state index contributed by atoms with van der Waals surface area (Å²) in [6.45, 7) is 4.26. The van der Waals surface area contributed by atoms with Crippen LogP contribution in [0.4, 0.5) is 0 Å². The monoisotopic (exact) mass is 313 g/mol. The van der Waals surface area contributed by atoms with E-state index < -0.39 is 0 Å². The summed E-state index contributed by atoms with van der Waals surface area (Å²) in [5.74, 6) is 0.153. The van der Waals surface area contributed by atoms with Crippen LogP contribution in [0.15, 0.2) is 4.47 Å². The molecule has 1 heterocycles. The van der Waals surface area contributed by atoms with Crippen molar-refractivity contribution in [2.75, 3.05) is 7.05 Å². The molecule has 1 amide bonds. The van der Waals surface area contributed by atoms with Crippen molar-refractivity contribution in [2.24, 2.45) is 0 Å². The Hall–Kier alpha value is -0.840. The molecule has 1 saturated carbocycles. The minimum absolute atomic E-state index is 0.153. The van der Waals surface area contributed by atoms with Crippen LogP contribution >= 0.6 is 15.9 Å². The molecule has 0 saturated heterocycles. The van der Waals surface area contributed by atoms with E-state index >= 15 is 0 Å². The minimum Gasteiger partial charge on any atom is -0.341 e. The number of carbonyl (C=O) groups is 1. The first-order chi connectivity index (χ1) is 8.50. The zero-order chi connectivity index (χ0) is 13.3. The summed E-state index contributed by atoms with van der Waals surface area (Å²) < 4.78 is 2.78. The van der Waals surface area contributed by atoms with Crippen LogP contribution in [0, 0.1) is 13.8 Å². The van der Waals surface area contributed by atoms with Crippen LogP contribution in [0.1, 0.15) is 37.1 Å². The highest BCUT2D eigenvalue weighted by atomic mass is 79.9. The van der Waals surface area contributed by atoms with Crippen LogP contribution in [-0.4, -0.2) is 33.7 Å². The van der Waals surface area contributed by atoms with Crippen LogP contribution in [0.2, 0.25) is 0 Å². The van der Waals surface area contributed by atoms with E-state index in [1.54, 1.807) is 4.68 Å². The van der Waals surface area contributed by atoms with Gasteiger partial charge in [-0.25, -0.2) is 0 Å². The molecule has 0 atom stereocenters. The van der Waals surface area contributed by atoms with Crippen molar-refractivity contribution in [2.45, 2.75) is 52.1 Å². The van der Waals surface area contributed by atoms with Crippen LogP contribution in [0.25, 0.3) is 0 Å². The number of halogens is 1. The first-order valence-corrected chi connectivity index (χ1v) is 7.25. The van der Waals surface area contributed by atoms with Crippen molar-refractivity contribution in [3.05, 3.63) is 15.9 Å². The van der Waals surface area contributed by atoms with E-state index in [1.165, 1.54) is 12.8 Å². The highest BCUT2D eigenvalue weighted by Gasteiger charge is 2.24. The molecular formula is C13H20BrN3O. The zero-order valence-electron chi connectivity index (χ0n) is 11.2. The van der Waals surface area contributed by atoms with Crippen molar-refractivity contribution in [1.29, 1.82) is 0 Å². The Balaban J connectivity index is 2.04. The highest BCUT2D eigenvalue weighted by Crippen LogP contribution is 2.23. The number of hydrogen-bond acceptors (Lipinski definition) is 2. The first kappa shape index (κ1) is 13.6. The largest absolute Gasteiger partial charge is 0.341 e. The van der Waals surface area contributed by atoms with Gasteiger partial charge < -0.3 is 4.90 Å². The fraction of sp³-hybridized carbons (Fsp3) is 0.692. The Bertz CT molecular complexity index is 449. The van der Waals surface area contributed by atoms with Gasteiger partial charge in [0.25, 0.3) is 0 Å². The summed E-state index contributed by atoms with van der Waals surface area (Å²) in [7, 11) is 1.92. The summed E-state index contributed by atoms with van der Waals surface area (Å²) in [6.07, 6.45) is 4.77. The van der Waals surface area contributed by atoms with Crippen molar-refractivity contribution >= 4 is 21.8 Å². The molecule has 18 heavy (non-hydrogen) atoms. The van der Waals surface area contributed by atoms with Gasteiger partial charge in [0.2, 0.25) is 5.91 Å². The molecule has 0 radical (unpaired) electrons. The molecule has 1 aromatic heterocycles. The van der Waals surface area contributed by atoms with Gasteiger partial charge in [0, 0.05) is 13.1 Å². The topological polar surface area (TPSA) is 38.1 Å². The van der Waals surface area contributed by atoms with Gasteiger partial charge in [-0.3, -0.25) is 9.48 Å². The summed E-state index contributed by atoms with van der Waals surface area (Å²) in [6, 6.07) is 0.429. The Morgan fingerprint density at radius 3 is 2.56 bits per heavy atom. The Labute approximate surface area is 116 Å². The number of carbonyl (C=O) groups excluding carboxylic acids is 1. The van der Waals surface area contributed by atoms with Crippen molar-refractivity contribution in [3.8, 4) is 0 Å². The van der Waals surface area contributed by atoms with Crippen LogP contribution < -0.4 is 0 Å². The van der Waals surface area contributed by atoms with Crippen LogP contribution in [0.5, 0.6) is 0 Å². The normalized spacial score (nSPS) is 16.2. The summed E-state index contributed by atoms with van der Waals surface area (Å²) >= 11 is 3.48. The van der Waals surface area contributed by atoms with Gasteiger partial charge in [0.15, 0.2) is 0 Å². The molecule has 1 aromatic rings. The maximum absolute atomic E-state index is 12.2. The molecular weight excluding hydrogens is 294 g/mol. The summed E-state index contributed by atoms with van der Waals surface area (Å²) in [5.41, 5.74) is 1.95. The van der Waals surface area contributed by atoms with E-state index in [0.717, 1.165) is 28.7 Å². The zero-order valence-corrected chi connectivity index (χ0v) is 12.8. The maximum Gasteiger partial charge on any atom is 0.244 e. The molecule has 0 aliphatic heterocycles. The van der Waals surface area contributed by atoms with Gasteiger partial charge in [0.05, 0.1) is 15.9 Å². The molecule has 0 unspecified atom stereocenters. The number of nitrogens with zero attached hydrogens (tertiary/aromatic N) is 3. The van der Waals surface area contributed by atoms with Crippen LogP contribution in [0.3, 0.4) is 0 Å². The molecule has 2 rings (SSSR count). The molecule has 0 aromatic carbocycles. The predicted octanol–water partition coefficient (Wildman–Crippen LogP) is 2.66. The second-order valence-electron chi connectivity index (χ2n) is 5.09. The second-order valence-corrected chi connectivity index (χ2v) is 5.88. The SMILES string of the molecule is Cc1nn(CC(=O)N(C)C2CCCC2)c(C)c1Br. The number of hydrogen-bond donors (Lipinski definition) is 0. The molecule has 0 spiro atoms. The Morgan fingerprint density at radius 2 is 2.06 bits per heavy atom. The van der Waals surface area contributed by atoms with Crippen molar-refractivity contribution < 1.29 is 4.79 Å². The summed E-state index contributed by atoms with van der Waals surface area (Å²) in [4.78, 5) is 14.1. The minimum atomic E-state index is 0.153. The van der Waals surface area contributed by atoms with E-state index in [9.17, 15) is 4.79 Å². The standard InChI is InChI=1S/C13H20BrN3O/c1-9-13(14)10(2)17(15-9)8-12(18)16(3)11-6-4-5-7-11/h11H,4-8H2,1-3H3. The van der Waals surface area contributed by atoms with Crippen molar-refractivity contribution in [3.63, 3.8) is 0 Å². The molecule has 1 aliphatic carbocycles. The molecule has 1 fully saturated rings. The number of aromatic nitrogens is 2. The van der Waals surface area contributed by atoms with Crippen molar-refractivity contribution in [1.82, 2.24) is 14.7 Å². The molecule has 0 N–H and O–H groups in total. The third kappa shape index (κ3) is 2.60. The number of amides is 1. The van der Waals surface area contributed by atoms with E-state index in [1.807, 2.05) is 25.8 Å². The van der Waals surface area contributed by atoms with E-state index in [0.29, 0.717) is 12.6 Å². The number of aryl methyl sites for hydroxylation is 1. The maximum atomic E-state index is 12.2. The lowest BCUT2D eigenvalue weighted by Gasteiger charge is -2.24. The fourth-order valence-electron chi connectivity index (χ4n) is 2.56.